The lowest BCUT2D eigenvalue weighted by Crippen LogP contribution is -2.24. The summed E-state index contributed by atoms with van der Waals surface area (Å²) in [6, 6.07) is 16.8. The summed E-state index contributed by atoms with van der Waals surface area (Å²) < 4.78 is 15.6. The van der Waals surface area contributed by atoms with E-state index >= 15 is 0 Å². The molecule has 28 heavy (non-hydrogen) atoms. The molecule has 6 nitrogen and oxygen atoms in total. The van der Waals surface area contributed by atoms with Gasteiger partial charge in [-0.2, -0.15) is 14.8 Å². The number of fused-ring (bicyclic) bond motifs is 1. The van der Waals surface area contributed by atoms with Crippen LogP contribution in [0.15, 0.2) is 65.6 Å². The zero-order valence-corrected chi connectivity index (χ0v) is 14.5. The van der Waals surface area contributed by atoms with Crippen LogP contribution in [0.2, 0.25) is 0 Å². The predicted octanol–water partition coefficient (Wildman–Crippen LogP) is 3.22. The number of nitrogens with zero attached hydrogens (tertiary/aromatic N) is 4. The van der Waals surface area contributed by atoms with Gasteiger partial charge in [-0.25, -0.2) is 9.67 Å². The second-order valence-corrected chi connectivity index (χ2v) is 6.20. The van der Waals surface area contributed by atoms with Crippen LogP contribution in [0, 0.1) is 17.3 Å². The van der Waals surface area contributed by atoms with Crippen molar-refractivity contribution in [1.29, 1.82) is 5.26 Å². The van der Waals surface area contributed by atoms with Gasteiger partial charge >= 0.3 is 0 Å². The Kier molecular flexibility index (Phi) is 4.30. The summed E-state index contributed by atoms with van der Waals surface area (Å²) in [5.74, 6) is -0.994. The van der Waals surface area contributed by atoms with Gasteiger partial charge in [0.15, 0.2) is 0 Å². The largest absolute Gasteiger partial charge is 0.506 e. The Morgan fingerprint density at radius 2 is 1.82 bits per heavy atom. The Bertz CT molecular complexity index is 1290. The standard InChI is InChI=1S/C21H13FN4O2/c22-20-18(9-15(27)11-24-20)19-16-3-1-2-4-17(16)21(28)26(25-19)12-14-7-5-13(10-23)6-8-14/h1-9,11,27H,12H2. The zero-order chi connectivity index (χ0) is 19.7. The van der Waals surface area contributed by atoms with E-state index in [1.54, 1.807) is 48.5 Å². The molecule has 0 spiro atoms. The van der Waals surface area contributed by atoms with Gasteiger partial charge in [-0.15, -0.1) is 0 Å². The summed E-state index contributed by atoms with van der Waals surface area (Å²) in [6.07, 6.45) is 1.01. The molecule has 2 heterocycles. The molecule has 0 unspecified atom stereocenters. The quantitative estimate of drug-likeness (QED) is 0.558. The average Bonchev–Trinajstić information content (AvgIpc) is 2.72. The van der Waals surface area contributed by atoms with Crippen LogP contribution in [0.4, 0.5) is 4.39 Å². The second kappa shape index (κ2) is 6.93. The van der Waals surface area contributed by atoms with Crippen LogP contribution in [0.1, 0.15) is 11.1 Å². The van der Waals surface area contributed by atoms with Crippen molar-refractivity contribution in [3.8, 4) is 23.1 Å². The summed E-state index contributed by atoms with van der Waals surface area (Å²) in [6.45, 7) is 0.149. The van der Waals surface area contributed by atoms with Crippen LogP contribution in [-0.2, 0) is 6.54 Å². The van der Waals surface area contributed by atoms with Crippen LogP contribution in [-0.4, -0.2) is 19.9 Å². The minimum atomic E-state index is -0.793. The molecule has 1 N–H and O–H groups in total. The van der Waals surface area contributed by atoms with Crippen molar-refractivity contribution in [3.05, 3.63) is 88.2 Å². The molecule has 0 fully saturated rings. The molecule has 0 aliphatic heterocycles. The molecule has 0 amide bonds. The van der Waals surface area contributed by atoms with Crippen molar-refractivity contribution in [2.75, 3.05) is 0 Å². The first kappa shape index (κ1) is 17.4. The molecule has 2 aromatic carbocycles. The highest BCUT2D eigenvalue weighted by molar-refractivity contribution is 5.93. The lowest BCUT2D eigenvalue weighted by atomic mass is 10.1. The van der Waals surface area contributed by atoms with E-state index in [0.717, 1.165) is 11.8 Å². The van der Waals surface area contributed by atoms with E-state index in [1.165, 1.54) is 10.7 Å². The van der Waals surface area contributed by atoms with E-state index in [4.69, 9.17) is 5.26 Å². The minimum Gasteiger partial charge on any atom is -0.506 e. The normalized spacial score (nSPS) is 10.7. The lowest BCUT2D eigenvalue weighted by Gasteiger charge is -2.12. The Labute approximate surface area is 158 Å². The van der Waals surface area contributed by atoms with E-state index in [9.17, 15) is 14.3 Å². The highest BCUT2D eigenvalue weighted by Gasteiger charge is 2.16. The molecule has 0 bridgehead atoms. The highest BCUT2D eigenvalue weighted by Crippen LogP contribution is 2.28. The molecule has 4 rings (SSSR count). The van der Waals surface area contributed by atoms with E-state index in [1.807, 2.05) is 6.07 Å². The molecule has 2 aromatic heterocycles. The molecule has 136 valence electrons. The van der Waals surface area contributed by atoms with Gasteiger partial charge in [0.25, 0.3) is 5.56 Å². The SMILES string of the molecule is N#Cc1ccc(Cn2nc(-c3cc(O)cnc3F)c3ccccc3c2=O)cc1. The molecule has 0 radical (unpaired) electrons. The van der Waals surface area contributed by atoms with Gasteiger partial charge in [0.2, 0.25) is 5.95 Å². The molecule has 0 saturated heterocycles. The number of pyridine rings is 1. The van der Waals surface area contributed by atoms with Crippen molar-refractivity contribution in [2.24, 2.45) is 0 Å². The number of aromatic hydroxyl groups is 1. The fraction of sp³-hybridized carbons (Fsp3) is 0.0476. The minimum absolute atomic E-state index is 0.00442. The monoisotopic (exact) mass is 372 g/mol. The van der Waals surface area contributed by atoms with E-state index in [-0.39, 0.29) is 29.1 Å². The van der Waals surface area contributed by atoms with E-state index in [0.29, 0.717) is 16.3 Å². The maximum atomic E-state index is 14.3. The topological polar surface area (TPSA) is 91.8 Å². The molecule has 0 aliphatic rings. The molecular weight excluding hydrogens is 359 g/mol. The number of nitriles is 1. The van der Waals surface area contributed by atoms with Crippen LogP contribution in [0.25, 0.3) is 22.0 Å². The Hall–Kier alpha value is -4.05. The molecular formula is C21H13FN4O2. The second-order valence-electron chi connectivity index (χ2n) is 6.20. The third kappa shape index (κ3) is 3.08. The summed E-state index contributed by atoms with van der Waals surface area (Å²) in [7, 11) is 0. The first-order valence-corrected chi connectivity index (χ1v) is 8.40. The van der Waals surface area contributed by atoms with Gasteiger partial charge in [0.1, 0.15) is 11.4 Å². The Morgan fingerprint density at radius 1 is 1.11 bits per heavy atom. The van der Waals surface area contributed by atoms with E-state index in [2.05, 4.69) is 10.1 Å². The Balaban J connectivity index is 1.92. The van der Waals surface area contributed by atoms with Crippen LogP contribution in [0.5, 0.6) is 5.75 Å². The van der Waals surface area contributed by atoms with Gasteiger partial charge in [0, 0.05) is 5.39 Å². The third-order valence-corrected chi connectivity index (χ3v) is 4.36. The lowest BCUT2D eigenvalue weighted by molar-refractivity contribution is 0.467. The summed E-state index contributed by atoms with van der Waals surface area (Å²) >= 11 is 0. The maximum absolute atomic E-state index is 14.3. The van der Waals surface area contributed by atoms with E-state index < -0.39 is 5.95 Å². The first-order valence-electron chi connectivity index (χ1n) is 8.40. The van der Waals surface area contributed by atoms with Gasteiger partial charge in [-0.3, -0.25) is 4.79 Å². The fourth-order valence-corrected chi connectivity index (χ4v) is 3.00. The number of benzene rings is 2. The molecule has 0 aliphatic carbocycles. The van der Waals surface area contributed by atoms with Gasteiger partial charge in [-0.1, -0.05) is 30.3 Å². The summed E-state index contributed by atoms with van der Waals surface area (Å²) in [5.41, 5.74) is 1.17. The number of halogens is 1. The molecule has 0 atom stereocenters. The van der Waals surface area contributed by atoms with Crippen molar-refractivity contribution in [2.45, 2.75) is 6.54 Å². The van der Waals surface area contributed by atoms with Gasteiger partial charge in [-0.05, 0) is 29.8 Å². The summed E-state index contributed by atoms with van der Waals surface area (Å²) in [5, 5.41) is 23.8. The maximum Gasteiger partial charge on any atom is 0.274 e. The Morgan fingerprint density at radius 3 is 2.54 bits per heavy atom. The number of rotatable bonds is 3. The smallest absolute Gasteiger partial charge is 0.274 e. The number of hydrogen-bond donors (Lipinski definition) is 1. The van der Waals surface area contributed by atoms with Crippen molar-refractivity contribution in [3.63, 3.8) is 0 Å². The number of aromatic nitrogens is 3. The van der Waals surface area contributed by atoms with Gasteiger partial charge in [0.05, 0.1) is 35.3 Å². The average molecular weight is 372 g/mol. The van der Waals surface area contributed by atoms with Crippen LogP contribution >= 0.6 is 0 Å². The third-order valence-electron chi connectivity index (χ3n) is 4.36. The number of hydrogen-bond acceptors (Lipinski definition) is 5. The predicted molar refractivity (Wildman–Crippen MR) is 101 cm³/mol. The molecule has 7 heteroatoms. The van der Waals surface area contributed by atoms with Crippen LogP contribution < -0.4 is 5.56 Å². The summed E-state index contributed by atoms with van der Waals surface area (Å²) in [4.78, 5) is 16.4. The fourth-order valence-electron chi connectivity index (χ4n) is 3.00. The van der Waals surface area contributed by atoms with Crippen molar-refractivity contribution in [1.82, 2.24) is 14.8 Å². The van der Waals surface area contributed by atoms with Crippen LogP contribution in [0.3, 0.4) is 0 Å². The van der Waals surface area contributed by atoms with Gasteiger partial charge < -0.3 is 5.11 Å². The molecule has 0 saturated carbocycles. The molecule has 4 aromatic rings. The zero-order valence-electron chi connectivity index (χ0n) is 14.5. The van der Waals surface area contributed by atoms with Crippen molar-refractivity contribution < 1.29 is 9.50 Å². The van der Waals surface area contributed by atoms with Crippen molar-refractivity contribution >= 4 is 10.8 Å². The first-order chi connectivity index (χ1) is 13.6. The highest BCUT2D eigenvalue weighted by atomic mass is 19.1.